The third-order valence-electron chi connectivity index (χ3n) is 1.42. The van der Waals surface area contributed by atoms with E-state index >= 15 is 0 Å². The van der Waals surface area contributed by atoms with Gasteiger partial charge in [0.1, 0.15) is 11.9 Å². The van der Waals surface area contributed by atoms with Crippen LogP contribution in [0.15, 0.2) is 12.5 Å². The van der Waals surface area contributed by atoms with Crippen LogP contribution in [0.3, 0.4) is 0 Å². The lowest BCUT2D eigenvalue weighted by molar-refractivity contribution is 0.0695. The normalized spacial score (nSPS) is 11.2. The molecule has 0 atom stereocenters. The fourth-order valence-electron chi connectivity index (χ4n) is 0.897. The molecule has 1 heterocycles. The highest BCUT2D eigenvalue weighted by Crippen LogP contribution is 2.07. The second-order valence-electron chi connectivity index (χ2n) is 2.76. The van der Waals surface area contributed by atoms with Crippen LogP contribution in [0, 0.1) is 0 Å². The van der Waals surface area contributed by atoms with Crippen molar-refractivity contribution < 1.29 is 18.3 Å². The Labute approximate surface area is 80.5 Å². The molecule has 1 rings (SSSR count). The van der Waals surface area contributed by atoms with Gasteiger partial charge in [-0.3, -0.25) is 0 Å². The van der Waals surface area contributed by atoms with E-state index in [0.29, 0.717) is 0 Å². The average molecular weight is 216 g/mol. The van der Waals surface area contributed by atoms with Crippen LogP contribution in [0.5, 0.6) is 0 Å². The van der Waals surface area contributed by atoms with Crippen LogP contribution in [-0.4, -0.2) is 35.7 Å². The second kappa shape index (κ2) is 3.70. The summed E-state index contributed by atoms with van der Waals surface area (Å²) in [7, 11) is -3.29. The molecule has 0 amide bonds. The first-order valence-corrected chi connectivity index (χ1v) is 5.66. The lowest BCUT2D eigenvalue weighted by atomic mass is 10.2. The lowest BCUT2D eigenvalue weighted by Gasteiger charge is -2.01. The Morgan fingerprint density at radius 1 is 1.57 bits per heavy atom. The van der Waals surface area contributed by atoms with Gasteiger partial charge in [0.25, 0.3) is 0 Å². The van der Waals surface area contributed by atoms with E-state index in [4.69, 9.17) is 5.11 Å². The molecule has 0 saturated heterocycles. The number of sulfone groups is 1. The molecule has 1 N–H and O–H groups in total. The van der Waals surface area contributed by atoms with Crippen molar-refractivity contribution in [2.75, 3.05) is 6.26 Å². The highest BCUT2D eigenvalue weighted by Gasteiger charge is 2.15. The summed E-state index contributed by atoms with van der Waals surface area (Å²) in [6.45, 7) is 0. The molecular formula is C7H8N2O4S. The summed E-state index contributed by atoms with van der Waals surface area (Å²) in [5.41, 5.74) is -0.173. The van der Waals surface area contributed by atoms with E-state index in [1.165, 1.54) is 0 Å². The zero-order valence-electron chi connectivity index (χ0n) is 7.34. The zero-order chi connectivity index (χ0) is 10.8. The van der Waals surface area contributed by atoms with Gasteiger partial charge in [0.15, 0.2) is 9.84 Å². The summed E-state index contributed by atoms with van der Waals surface area (Å²) < 4.78 is 21.8. The topological polar surface area (TPSA) is 97.2 Å². The molecule has 7 heteroatoms. The van der Waals surface area contributed by atoms with E-state index in [-0.39, 0.29) is 11.3 Å². The fraction of sp³-hybridized carbons (Fsp3) is 0.286. The summed E-state index contributed by atoms with van der Waals surface area (Å²) in [5.74, 6) is -1.62. The summed E-state index contributed by atoms with van der Waals surface area (Å²) in [5, 5.41) is 8.69. The third kappa shape index (κ3) is 2.77. The Hall–Kier alpha value is -1.50. The molecule has 6 nitrogen and oxygen atoms in total. The van der Waals surface area contributed by atoms with Gasteiger partial charge in [-0.1, -0.05) is 0 Å². The summed E-state index contributed by atoms with van der Waals surface area (Å²) >= 11 is 0. The van der Waals surface area contributed by atoms with Crippen molar-refractivity contribution in [3.63, 3.8) is 0 Å². The molecule has 0 aromatic carbocycles. The van der Waals surface area contributed by atoms with Crippen LogP contribution in [0.25, 0.3) is 0 Å². The third-order valence-corrected chi connectivity index (χ3v) is 2.22. The minimum absolute atomic E-state index is 0.00926. The van der Waals surface area contributed by atoms with E-state index in [9.17, 15) is 13.2 Å². The number of hydrogen-bond acceptors (Lipinski definition) is 5. The second-order valence-corrected chi connectivity index (χ2v) is 4.90. The van der Waals surface area contributed by atoms with Gasteiger partial charge in [0.2, 0.25) is 0 Å². The van der Waals surface area contributed by atoms with Gasteiger partial charge >= 0.3 is 5.97 Å². The van der Waals surface area contributed by atoms with Crippen LogP contribution >= 0.6 is 0 Å². The largest absolute Gasteiger partial charge is 0.478 e. The van der Waals surface area contributed by atoms with Gasteiger partial charge in [0.05, 0.1) is 11.4 Å². The summed E-state index contributed by atoms with van der Waals surface area (Å²) in [6.07, 6.45) is 3.21. The van der Waals surface area contributed by atoms with Crippen molar-refractivity contribution in [3.05, 3.63) is 23.8 Å². The Morgan fingerprint density at radius 2 is 2.21 bits per heavy atom. The van der Waals surface area contributed by atoms with Crippen LogP contribution in [0.2, 0.25) is 0 Å². The molecule has 0 unspecified atom stereocenters. The number of rotatable bonds is 3. The highest BCUT2D eigenvalue weighted by molar-refractivity contribution is 7.89. The van der Waals surface area contributed by atoms with Gasteiger partial charge in [-0.2, -0.15) is 0 Å². The predicted molar refractivity (Wildman–Crippen MR) is 47.5 cm³/mol. The molecule has 76 valence electrons. The monoisotopic (exact) mass is 216 g/mol. The van der Waals surface area contributed by atoms with E-state index in [1.54, 1.807) is 0 Å². The SMILES string of the molecule is CS(=O)(=O)Cc1ncncc1C(=O)O. The quantitative estimate of drug-likeness (QED) is 0.746. The summed E-state index contributed by atoms with van der Waals surface area (Å²) in [4.78, 5) is 17.8. The number of hydrogen-bond donors (Lipinski definition) is 1. The molecule has 1 aromatic heterocycles. The Bertz CT molecular complexity index is 455. The maximum absolute atomic E-state index is 10.9. The van der Waals surface area contributed by atoms with Crippen molar-refractivity contribution in [1.82, 2.24) is 9.97 Å². The molecular weight excluding hydrogens is 208 g/mol. The minimum Gasteiger partial charge on any atom is -0.478 e. The van der Waals surface area contributed by atoms with Crippen molar-refractivity contribution in [3.8, 4) is 0 Å². The highest BCUT2D eigenvalue weighted by atomic mass is 32.2. The smallest absolute Gasteiger partial charge is 0.339 e. The maximum atomic E-state index is 10.9. The average Bonchev–Trinajstić information content (AvgIpc) is 2.01. The Balaban J connectivity index is 3.15. The summed E-state index contributed by atoms with van der Waals surface area (Å²) in [6, 6.07) is 0. The number of carboxylic acids is 1. The van der Waals surface area contributed by atoms with Gasteiger partial charge in [0, 0.05) is 12.5 Å². The first-order chi connectivity index (χ1) is 6.40. The number of carbonyl (C=O) groups is 1. The number of carboxylic acid groups (broad SMARTS) is 1. The van der Waals surface area contributed by atoms with Gasteiger partial charge in [-0.05, 0) is 0 Å². The minimum atomic E-state index is -3.29. The van der Waals surface area contributed by atoms with Crippen molar-refractivity contribution in [2.45, 2.75) is 5.75 Å². The maximum Gasteiger partial charge on any atom is 0.339 e. The molecule has 0 aliphatic rings. The van der Waals surface area contributed by atoms with E-state index in [0.717, 1.165) is 18.8 Å². The zero-order valence-corrected chi connectivity index (χ0v) is 8.15. The van der Waals surface area contributed by atoms with E-state index in [2.05, 4.69) is 9.97 Å². The first kappa shape index (κ1) is 10.6. The molecule has 0 aliphatic heterocycles. The standard InChI is InChI=1S/C7H8N2O4S/c1-14(12,13)3-6-5(7(10)11)2-8-4-9-6/h2,4H,3H2,1H3,(H,10,11). The van der Waals surface area contributed by atoms with Crippen molar-refractivity contribution >= 4 is 15.8 Å². The number of nitrogens with zero attached hydrogens (tertiary/aromatic N) is 2. The Morgan fingerprint density at radius 3 is 2.71 bits per heavy atom. The van der Waals surface area contributed by atoms with Crippen molar-refractivity contribution in [1.29, 1.82) is 0 Å². The number of aromatic carboxylic acids is 1. The van der Waals surface area contributed by atoms with E-state index < -0.39 is 21.6 Å². The molecule has 0 saturated carbocycles. The molecule has 0 bridgehead atoms. The first-order valence-electron chi connectivity index (χ1n) is 3.60. The molecule has 14 heavy (non-hydrogen) atoms. The van der Waals surface area contributed by atoms with Crippen LogP contribution in [0.1, 0.15) is 16.1 Å². The Kier molecular flexibility index (Phi) is 2.80. The van der Waals surface area contributed by atoms with E-state index in [1.807, 2.05) is 0 Å². The molecule has 0 fully saturated rings. The van der Waals surface area contributed by atoms with Crippen LogP contribution in [-0.2, 0) is 15.6 Å². The van der Waals surface area contributed by atoms with Crippen molar-refractivity contribution in [2.24, 2.45) is 0 Å². The molecule has 1 aromatic rings. The fourth-order valence-corrected chi connectivity index (χ4v) is 1.62. The number of aromatic nitrogens is 2. The van der Waals surface area contributed by atoms with Gasteiger partial charge in [-0.25, -0.2) is 23.2 Å². The van der Waals surface area contributed by atoms with Crippen LogP contribution in [0.4, 0.5) is 0 Å². The van der Waals surface area contributed by atoms with Gasteiger partial charge < -0.3 is 5.11 Å². The molecule has 0 spiro atoms. The molecule has 0 aliphatic carbocycles. The van der Waals surface area contributed by atoms with Crippen LogP contribution < -0.4 is 0 Å². The lowest BCUT2D eigenvalue weighted by Crippen LogP contribution is -2.10. The van der Waals surface area contributed by atoms with Gasteiger partial charge in [-0.15, -0.1) is 0 Å². The predicted octanol–water partition coefficient (Wildman–Crippen LogP) is -0.281. The molecule has 0 radical (unpaired) electrons.